The van der Waals surface area contributed by atoms with Crippen LogP contribution in [-0.2, 0) is 6.42 Å². The number of nitrogens with one attached hydrogen (secondary N) is 2. The number of amides is 2. The second-order valence-electron chi connectivity index (χ2n) is 10.0. The Bertz CT molecular complexity index is 1520. The average Bonchev–Trinajstić information content (AvgIpc) is 3.72. The number of benzene rings is 3. The Kier molecular flexibility index (Phi) is 6.96. The summed E-state index contributed by atoms with van der Waals surface area (Å²) in [5.41, 5.74) is 6.26. The molecule has 0 bridgehead atoms. The van der Waals surface area contributed by atoms with Crippen molar-refractivity contribution in [3.8, 4) is 11.1 Å². The molecule has 1 heterocycles. The maximum absolute atomic E-state index is 12.6. The molecular weight excluding hydrogens is 478 g/mol. The van der Waals surface area contributed by atoms with E-state index in [1.54, 1.807) is 6.07 Å². The summed E-state index contributed by atoms with van der Waals surface area (Å²) >= 11 is 0. The minimum Gasteiger partial charge on any atom is -0.465 e. The summed E-state index contributed by atoms with van der Waals surface area (Å²) in [5, 5.41) is 16.6. The van der Waals surface area contributed by atoms with Crippen molar-refractivity contribution >= 4 is 34.5 Å². The minimum atomic E-state index is -0.997. The lowest BCUT2D eigenvalue weighted by atomic mass is 9.97. The Balaban J connectivity index is 1.30. The number of carbonyl (C=O) groups excluding carboxylic acids is 1. The highest BCUT2D eigenvalue weighted by molar-refractivity contribution is 5.96. The molecule has 3 N–H and O–H groups in total. The average molecular weight is 510 g/mol. The van der Waals surface area contributed by atoms with E-state index in [1.165, 1.54) is 11.9 Å². The quantitative estimate of drug-likeness (QED) is 0.283. The molecule has 4 aromatic rings. The molecule has 0 radical (unpaired) electrons. The van der Waals surface area contributed by atoms with E-state index in [2.05, 4.69) is 21.7 Å². The van der Waals surface area contributed by atoms with Gasteiger partial charge in [0.2, 0.25) is 5.95 Å². The van der Waals surface area contributed by atoms with Gasteiger partial charge in [0.25, 0.3) is 5.91 Å². The predicted molar refractivity (Wildman–Crippen MR) is 150 cm³/mol. The van der Waals surface area contributed by atoms with Crippen LogP contribution in [0.5, 0.6) is 0 Å². The molecular formula is C30H31N5O3. The number of carboxylic acid groups (broad SMARTS) is 1. The van der Waals surface area contributed by atoms with Crippen molar-refractivity contribution in [1.82, 2.24) is 15.3 Å². The van der Waals surface area contributed by atoms with Crippen molar-refractivity contribution in [2.45, 2.75) is 45.2 Å². The number of aryl methyl sites for hydroxylation is 1. The van der Waals surface area contributed by atoms with E-state index in [0.29, 0.717) is 29.7 Å². The molecule has 3 aromatic carbocycles. The summed E-state index contributed by atoms with van der Waals surface area (Å²) in [6, 6.07) is 19.7. The largest absolute Gasteiger partial charge is 0.465 e. The van der Waals surface area contributed by atoms with Crippen molar-refractivity contribution in [3.05, 3.63) is 83.6 Å². The molecule has 1 aliphatic carbocycles. The first-order valence-corrected chi connectivity index (χ1v) is 12.8. The van der Waals surface area contributed by atoms with Crippen molar-refractivity contribution in [2.75, 3.05) is 17.3 Å². The van der Waals surface area contributed by atoms with Gasteiger partial charge in [0.15, 0.2) is 0 Å². The molecule has 1 saturated carbocycles. The van der Waals surface area contributed by atoms with Crippen LogP contribution in [0.15, 0.2) is 66.9 Å². The van der Waals surface area contributed by atoms with Crippen LogP contribution in [0.3, 0.4) is 0 Å². The van der Waals surface area contributed by atoms with Crippen LogP contribution in [0, 0.1) is 6.92 Å². The summed E-state index contributed by atoms with van der Waals surface area (Å²) in [6.45, 7) is 4.09. The number of carbonyl (C=O) groups is 2. The number of aromatic nitrogens is 2. The van der Waals surface area contributed by atoms with Gasteiger partial charge >= 0.3 is 6.09 Å². The van der Waals surface area contributed by atoms with E-state index in [4.69, 9.17) is 4.98 Å². The van der Waals surface area contributed by atoms with Crippen molar-refractivity contribution < 1.29 is 14.7 Å². The summed E-state index contributed by atoms with van der Waals surface area (Å²) in [7, 11) is 1.53. The van der Waals surface area contributed by atoms with Gasteiger partial charge in [-0.1, -0.05) is 24.3 Å². The molecule has 0 aliphatic heterocycles. The molecule has 8 nitrogen and oxygen atoms in total. The number of hydrogen-bond acceptors (Lipinski definition) is 5. The van der Waals surface area contributed by atoms with E-state index < -0.39 is 6.09 Å². The Labute approximate surface area is 221 Å². The van der Waals surface area contributed by atoms with Crippen LogP contribution < -0.4 is 15.5 Å². The molecule has 0 unspecified atom stereocenters. The van der Waals surface area contributed by atoms with Crippen molar-refractivity contribution in [1.29, 1.82) is 0 Å². The fraction of sp³-hybridized carbons (Fsp3) is 0.267. The highest BCUT2D eigenvalue weighted by Gasteiger charge is 2.24. The van der Waals surface area contributed by atoms with Gasteiger partial charge in [0.05, 0.1) is 5.52 Å². The summed E-state index contributed by atoms with van der Waals surface area (Å²) in [5.74, 6) is 0.509. The molecule has 5 rings (SSSR count). The van der Waals surface area contributed by atoms with Crippen LogP contribution >= 0.6 is 0 Å². The summed E-state index contributed by atoms with van der Waals surface area (Å²) < 4.78 is 0. The molecule has 194 valence electrons. The first-order valence-electron chi connectivity index (χ1n) is 12.8. The van der Waals surface area contributed by atoms with Crippen LogP contribution in [0.4, 0.5) is 16.4 Å². The maximum atomic E-state index is 12.6. The van der Waals surface area contributed by atoms with Crippen LogP contribution in [-0.4, -0.2) is 46.2 Å². The van der Waals surface area contributed by atoms with Gasteiger partial charge in [0, 0.05) is 42.0 Å². The van der Waals surface area contributed by atoms with Gasteiger partial charge in [0.1, 0.15) is 0 Å². The third kappa shape index (κ3) is 5.75. The zero-order valence-corrected chi connectivity index (χ0v) is 21.7. The van der Waals surface area contributed by atoms with Crippen LogP contribution in [0.2, 0.25) is 0 Å². The molecule has 0 spiro atoms. The minimum absolute atomic E-state index is 0.0247. The number of nitrogens with zero attached hydrogens (tertiary/aromatic N) is 3. The number of anilines is 2. The second kappa shape index (κ2) is 10.5. The smallest absolute Gasteiger partial charge is 0.411 e. The Morgan fingerprint density at radius 2 is 1.92 bits per heavy atom. The standard InChI is InChI=1S/C30H31N5O3/c1-18-7-8-22(28(36)33-24-10-11-24)16-26(18)21-9-12-27-23(15-21)17-31-29(34-27)32-19(2)13-20-5-4-6-25(14-20)35(3)30(37)38/h4-9,12,14-17,19,24H,10-11,13H2,1-3H3,(H,33,36)(H,37,38)(H,31,32,34)/t19-/m0/s1. The van der Waals surface area contributed by atoms with Crippen LogP contribution in [0.1, 0.15) is 41.3 Å². The summed E-state index contributed by atoms with van der Waals surface area (Å²) in [4.78, 5) is 34.2. The molecule has 38 heavy (non-hydrogen) atoms. The fourth-order valence-electron chi connectivity index (χ4n) is 4.47. The number of fused-ring (bicyclic) bond motifs is 1. The van der Waals surface area contributed by atoms with E-state index in [9.17, 15) is 14.7 Å². The van der Waals surface area contributed by atoms with Crippen LogP contribution in [0.25, 0.3) is 22.0 Å². The highest BCUT2D eigenvalue weighted by Crippen LogP contribution is 2.28. The molecule has 1 aromatic heterocycles. The predicted octanol–water partition coefficient (Wildman–Crippen LogP) is 5.65. The van der Waals surface area contributed by atoms with Crippen molar-refractivity contribution in [2.24, 2.45) is 0 Å². The second-order valence-corrected chi connectivity index (χ2v) is 10.0. The normalized spacial score (nSPS) is 13.7. The SMILES string of the molecule is Cc1ccc(C(=O)NC2CC2)cc1-c1ccc2nc(N[C@@H](C)Cc3cccc(N(C)C(=O)O)c3)ncc2c1. The van der Waals surface area contributed by atoms with Gasteiger partial charge in [-0.15, -0.1) is 0 Å². The topological polar surface area (TPSA) is 107 Å². The molecule has 1 aliphatic rings. The Hall–Kier alpha value is -4.46. The van der Waals surface area contributed by atoms with E-state index in [-0.39, 0.29) is 11.9 Å². The monoisotopic (exact) mass is 509 g/mol. The lowest BCUT2D eigenvalue weighted by Crippen LogP contribution is -2.25. The number of rotatable bonds is 8. The number of hydrogen-bond donors (Lipinski definition) is 3. The van der Waals surface area contributed by atoms with Crippen molar-refractivity contribution in [3.63, 3.8) is 0 Å². The Morgan fingerprint density at radius 1 is 1.11 bits per heavy atom. The van der Waals surface area contributed by atoms with E-state index >= 15 is 0 Å². The van der Waals surface area contributed by atoms with Gasteiger partial charge in [-0.2, -0.15) is 0 Å². The zero-order valence-electron chi connectivity index (χ0n) is 21.7. The molecule has 0 saturated heterocycles. The third-order valence-electron chi connectivity index (χ3n) is 6.81. The zero-order chi connectivity index (χ0) is 26.8. The van der Waals surface area contributed by atoms with E-state index in [0.717, 1.165) is 46.0 Å². The van der Waals surface area contributed by atoms with E-state index in [1.807, 2.05) is 68.6 Å². The van der Waals surface area contributed by atoms with Gasteiger partial charge in [-0.05, 0) is 91.8 Å². The lowest BCUT2D eigenvalue weighted by molar-refractivity contribution is 0.0951. The maximum Gasteiger partial charge on any atom is 0.411 e. The molecule has 1 fully saturated rings. The van der Waals surface area contributed by atoms with Gasteiger partial charge in [-0.25, -0.2) is 14.8 Å². The molecule has 2 amide bonds. The first-order chi connectivity index (χ1) is 18.3. The lowest BCUT2D eigenvalue weighted by Gasteiger charge is -2.17. The summed E-state index contributed by atoms with van der Waals surface area (Å²) in [6.07, 6.45) is 3.61. The first kappa shape index (κ1) is 25.2. The van der Waals surface area contributed by atoms with Gasteiger partial charge < -0.3 is 15.7 Å². The van der Waals surface area contributed by atoms with Gasteiger partial charge in [-0.3, -0.25) is 9.69 Å². The Morgan fingerprint density at radius 3 is 2.68 bits per heavy atom. The third-order valence-corrected chi connectivity index (χ3v) is 6.81. The molecule has 1 atom stereocenters. The fourth-order valence-corrected chi connectivity index (χ4v) is 4.47. The molecule has 8 heteroatoms. The highest BCUT2D eigenvalue weighted by atomic mass is 16.4.